The molecule has 5 heteroatoms. The summed E-state index contributed by atoms with van der Waals surface area (Å²) in [6.07, 6.45) is 8.56. The summed E-state index contributed by atoms with van der Waals surface area (Å²) in [5.74, 6) is 2.68. The van der Waals surface area contributed by atoms with E-state index in [2.05, 4.69) is 47.6 Å². The molecule has 0 radical (unpaired) electrons. The van der Waals surface area contributed by atoms with E-state index in [1.54, 1.807) is 11.1 Å². The molecule has 31 heavy (non-hydrogen) atoms. The number of carbonyl (C=O) groups excluding carboxylic acids is 1. The molecule has 1 aliphatic heterocycles. The number of carbonyl (C=O) groups is 1. The van der Waals surface area contributed by atoms with E-state index < -0.39 is 0 Å². The fraction of sp³-hybridized carbons (Fsp3) is 0.615. The molecule has 164 valence electrons. The summed E-state index contributed by atoms with van der Waals surface area (Å²) in [6, 6.07) is 9.12. The molecule has 1 aromatic heterocycles. The monoisotopic (exact) mass is 419 g/mol. The molecule has 0 bridgehead atoms. The Morgan fingerprint density at radius 3 is 2.94 bits per heavy atom. The first-order valence-electron chi connectivity index (χ1n) is 12.1. The summed E-state index contributed by atoms with van der Waals surface area (Å²) in [5.41, 5.74) is 6.06. The third-order valence-corrected chi connectivity index (χ3v) is 9.00. The minimum atomic E-state index is 0.159. The van der Waals surface area contributed by atoms with Crippen molar-refractivity contribution in [3.05, 3.63) is 52.8 Å². The fourth-order valence-corrected chi connectivity index (χ4v) is 7.62. The van der Waals surface area contributed by atoms with Gasteiger partial charge in [0.2, 0.25) is 5.91 Å². The van der Waals surface area contributed by atoms with Crippen LogP contribution in [0, 0.1) is 11.8 Å². The van der Waals surface area contributed by atoms with E-state index in [1.165, 1.54) is 36.9 Å². The van der Waals surface area contributed by atoms with Crippen LogP contribution in [0.25, 0.3) is 0 Å². The maximum atomic E-state index is 12.9. The van der Waals surface area contributed by atoms with Gasteiger partial charge in [-0.05, 0) is 72.5 Å². The van der Waals surface area contributed by atoms with Crippen molar-refractivity contribution in [2.75, 3.05) is 26.3 Å². The lowest BCUT2D eigenvalue weighted by Gasteiger charge is -2.50. The van der Waals surface area contributed by atoms with Crippen molar-refractivity contribution in [1.29, 1.82) is 0 Å². The van der Waals surface area contributed by atoms with E-state index in [4.69, 9.17) is 4.74 Å². The summed E-state index contributed by atoms with van der Waals surface area (Å²) in [4.78, 5) is 14.9. The summed E-state index contributed by atoms with van der Waals surface area (Å²) in [7, 11) is 0. The van der Waals surface area contributed by atoms with Crippen LogP contribution in [0.4, 0.5) is 0 Å². The normalized spacial score (nSPS) is 33.9. The standard InChI is InChI=1S/C26H33N3O2/c1-26-11-10-19-18-5-3-2-4-17(18)6-7-20(19)24(26)21(22-16-27-28-25(22)26)8-9-23(30)29-12-14-31-15-13-29/h2-5,16,19-21,24H,6-15H2,1H3,(H,27,28)/t19?,20?,21-,24?,26+/m1/s1. The smallest absolute Gasteiger partial charge is 0.222 e. The molecular formula is C26H33N3O2. The van der Waals surface area contributed by atoms with Gasteiger partial charge in [0, 0.05) is 30.6 Å². The number of ether oxygens (including phenoxy) is 1. The number of amides is 1. The molecule has 1 aromatic carbocycles. The lowest BCUT2D eigenvalue weighted by Crippen LogP contribution is -2.45. The Bertz CT molecular complexity index is 979. The van der Waals surface area contributed by atoms with Crippen LogP contribution in [-0.2, 0) is 21.4 Å². The van der Waals surface area contributed by atoms with Gasteiger partial charge in [0.15, 0.2) is 0 Å². The SMILES string of the molecule is C[C@]12CCC3c4ccccc4CCC3C1[C@H](CCC(=O)N1CCOCC1)c1cn[nH]c12. The average Bonchev–Trinajstić information content (AvgIpc) is 3.39. The van der Waals surface area contributed by atoms with Gasteiger partial charge in [-0.15, -0.1) is 0 Å². The molecule has 3 aliphatic carbocycles. The first-order valence-corrected chi connectivity index (χ1v) is 12.1. The van der Waals surface area contributed by atoms with Crippen molar-refractivity contribution >= 4 is 5.91 Å². The number of aryl methyl sites for hydroxylation is 1. The molecule has 0 spiro atoms. The second kappa shape index (κ2) is 7.47. The molecule has 5 nitrogen and oxygen atoms in total. The van der Waals surface area contributed by atoms with E-state index in [0.29, 0.717) is 49.2 Å². The van der Waals surface area contributed by atoms with Gasteiger partial charge in [-0.2, -0.15) is 5.10 Å². The molecule has 1 saturated carbocycles. The number of benzene rings is 1. The lowest BCUT2D eigenvalue weighted by atomic mass is 9.53. The molecule has 1 saturated heterocycles. The zero-order valence-electron chi connectivity index (χ0n) is 18.5. The van der Waals surface area contributed by atoms with Gasteiger partial charge in [0.05, 0.1) is 19.4 Å². The van der Waals surface area contributed by atoms with E-state index in [0.717, 1.165) is 19.5 Å². The fourth-order valence-electron chi connectivity index (χ4n) is 7.62. The molecule has 5 atom stereocenters. The quantitative estimate of drug-likeness (QED) is 0.813. The highest BCUT2D eigenvalue weighted by atomic mass is 16.5. The van der Waals surface area contributed by atoms with Crippen LogP contribution >= 0.6 is 0 Å². The van der Waals surface area contributed by atoms with Crippen molar-refractivity contribution in [3.63, 3.8) is 0 Å². The topological polar surface area (TPSA) is 58.2 Å². The highest BCUT2D eigenvalue weighted by molar-refractivity contribution is 5.76. The van der Waals surface area contributed by atoms with E-state index in [-0.39, 0.29) is 5.41 Å². The molecule has 4 aliphatic rings. The number of aromatic nitrogens is 2. The Morgan fingerprint density at radius 2 is 2.06 bits per heavy atom. The van der Waals surface area contributed by atoms with Crippen LogP contribution in [0.2, 0.25) is 0 Å². The Morgan fingerprint density at radius 1 is 1.23 bits per heavy atom. The number of nitrogens with one attached hydrogen (secondary N) is 1. The molecule has 2 aromatic rings. The van der Waals surface area contributed by atoms with E-state index >= 15 is 0 Å². The predicted octanol–water partition coefficient (Wildman–Crippen LogP) is 4.16. The van der Waals surface area contributed by atoms with Crippen LogP contribution in [-0.4, -0.2) is 47.3 Å². The highest BCUT2D eigenvalue weighted by Gasteiger charge is 2.57. The number of aromatic amines is 1. The Kier molecular flexibility index (Phi) is 4.71. The maximum Gasteiger partial charge on any atom is 0.222 e. The molecule has 2 fully saturated rings. The summed E-state index contributed by atoms with van der Waals surface area (Å²) < 4.78 is 5.43. The van der Waals surface area contributed by atoms with Crippen LogP contribution in [0.5, 0.6) is 0 Å². The zero-order chi connectivity index (χ0) is 21.0. The lowest BCUT2D eigenvalue weighted by molar-refractivity contribution is -0.135. The van der Waals surface area contributed by atoms with Crippen LogP contribution in [0.3, 0.4) is 0 Å². The minimum absolute atomic E-state index is 0.159. The van der Waals surface area contributed by atoms with Gasteiger partial charge in [-0.1, -0.05) is 31.2 Å². The van der Waals surface area contributed by atoms with Crippen LogP contribution < -0.4 is 0 Å². The first-order chi connectivity index (χ1) is 15.2. The Balaban J connectivity index is 1.29. The number of H-pyrrole nitrogens is 1. The Hall–Kier alpha value is -2.14. The second-order valence-electron chi connectivity index (χ2n) is 10.3. The number of hydrogen-bond donors (Lipinski definition) is 1. The number of morpholine rings is 1. The zero-order valence-corrected chi connectivity index (χ0v) is 18.5. The van der Waals surface area contributed by atoms with Crippen LogP contribution in [0.15, 0.2) is 30.5 Å². The molecule has 3 unspecified atom stereocenters. The van der Waals surface area contributed by atoms with Gasteiger partial charge < -0.3 is 9.64 Å². The highest BCUT2D eigenvalue weighted by Crippen LogP contribution is 2.64. The van der Waals surface area contributed by atoms with Gasteiger partial charge >= 0.3 is 0 Å². The first kappa shape index (κ1) is 19.5. The van der Waals surface area contributed by atoms with Crippen molar-refractivity contribution < 1.29 is 9.53 Å². The predicted molar refractivity (Wildman–Crippen MR) is 119 cm³/mol. The van der Waals surface area contributed by atoms with Crippen molar-refractivity contribution in [2.45, 2.75) is 62.7 Å². The minimum Gasteiger partial charge on any atom is -0.378 e. The molecule has 1 N–H and O–H groups in total. The van der Waals surface area contributed by atoms with Gasteiger partial charge in [-0.25, -0.2) is 0 Å². The Labute approximate surface area is 184 Å². The van der Waals surface area contributed by atoms with Gasteiger partial charge in [0.25, 0.3) is 0 Å². The van der Waals surface area contributed by atoms with E-state index in [1.807, 2.05) is 4.90 Å². The van der Waals surface area contributed by atoms with E-state index in [9.17, 15) is 4.79 Å². The molecule has 2 heterocycles. The molecular weight excluding hydrogens is 386 g/mol. The molecule has 6 rings (SSSR count). The van der Waals surface area contributed by atoms with Gasteiger partial charge in [0.1, 0.15) is 0 Å². The number of rotatable bonds is 3. The van der Waals surface area contributed by atoms with Crippen LogP contribution in [0.1, 0.15) is 73.2 Å². The number of nitrogens with zero attached hydrogens (tertiary/aromatic N) is 2. The third-order valence-electron chi connectivity index (χ3n) is 9.00. The molecule has 1 amide bonds. The average molecular weight is 420 g/mol. The second-order valence-corrected chi connectivity index (χ2v) is 10.3. The van der Waals surface area contributed by atoms with Crippen molar-refractivity contribution in [2.24, 2.45) is 11.8 Å². The summed E-state index contributed by atoms with van der Waals surface area (Å²) >= 11 is 0. The maximum absolute atomic E-state index is 12.9. The summed E-state index contributed by atoms with van der Waals surface area (Å²) in [5, 5.41) is 7.84. The largest absolute Gasteiger partial charge is 0.378 e. The number of fused-ring (bicyclic) bond motifs is 7. The van der Waals surface area contributed by atoms with Crippen molar-refractivity contribution in [3.8, 4) is 0 Å². The summed E-state index contributed by atoms with van der Waals surface area (Å²) in [6.45, 7) is 5.29. The van der Waals surface area contributed by atoms with Gasteiger partial charge in [-0.3, -0.25) is 9.89 Å². The number of hydrogen-bond acceptors (Lipinski definition) is 3. The van der Waals surface area contributed by atoms with Crippen molar-refractivity contribution in [1.82, 2.24) is 15.1 Å². The third kappa shape index (κ3) is 3.00.